The second kappa shape index (κ2) is 9.53. The summed E-state index contributed by atoms with van der Waals surface area (Å²) in [5, 5.41) is 2.70. The van der Waals surface area contributed by atoms with E-state index >= 15 is 0 Å². The average Bonchev–Trinajstić information content (AvgIpc) is 3.36. The van der Waals surface area contributed by atoms with Crippen LogP contribution in [-0.4, -0.2) is 45.1 Å². The number of nitrogens with one attached hydrogen (secondary N) is 2. The van der Waals surface area contributed by atoms with Gasteiger partial charge in [0.15, 0.2) is 0 Å². The van der Waals surface area contributed by atoms with E-state index in [1.54, 1.807) is 25.1 Å². The Morgan fingerprint density at radius 3 is 2.24 bits per heavy atom. The first-order valence-corrected chi connectivity index (χ1v) is 13.6. The molecule has 1 aliphatic rings. The van der Waals surface area contributed by atoms with Crippen LogP contribution in [0.25, 0.3) is 0 Å². The summed E-state index contributed by atoms with van der Waals surface area (Å²) in [5.41, 5.74) is 1.22. The largest absolute Gasteiger partial charge is 0.322 e. The molecule has 1 amide bonds. The van der Waals surface area contributed by atoms with Gasteiger partial charge in [0.2, 0.25) is 10.0 Å². The van der Waals surface area contributed by atoms with Crippen molar-refractivity contribution < 1.29 is 21.6 Å². The Hall–Kier alpha value is -3.28. The lowest BCUT2D eigenvalue weighted by Crippen LogP contribution is -2.28. The number of anilines is 2. The maximum Gasteiger partial charge on any atom is 0.263 e. The minimum absolute atomic E-state index is 0.00559. The number of hydrogen-bond donors (Lipinski definition) is 2. The van der Waals surface area contributed by atoms with Gasteiger partial charge >= 0.3 is 0 Å². The molecule has 0 aliphatic carbocycles. The molecular weight excluding hydrogens is 476 g/mol. The minimum Gasteiger partial charge on any atom is -0.322 e. The van der Waals surface area contributed by atoms with Gasteiger partial charge in [0, 0.05) is 30.5 Å². The number of carbonyl (C=O) groups excluding carboxylic acids is 1. The number of nitrogens with zero attached hydrogens (tertiary/aromatic N) is 2. The first-order valence-electron chi connectivity index (χ1n) is 10.6. The number of carbonyl (C=O) groups is 1. The monoisotopic (exact) mass is 500 g/mol. The second-order valence-electron chi connectivity index (χ2n) is 7.89. The quantitative estimate of drug-likeness (QED) is 0.513. The summed E-state index contributed by atoms with van der Waals surface area (Å²) < 4.78 is 54.6. The van der Waals surface area contributed by atoms with E-state index in [9.17, 15) is 21.6 Å². The molecule has 2 heterocycles. The van der Waals surface area contributed by atoms with Gasteiger partial charge < -0.3 is 5.32 Å². The zero-order valence-corrected chi connectivity index (χ0v) is 20.1. The first kappa shape index (κ1) is 23.9. The maximum absolute atomic E-state index is 12.9. The predicted molar refractivity (Wildman–Crippen MR) is 129 cm³/mol. The Labute approximate surface area is 198 Å². The van der Waals surface area contributed by atoms with Gasteiger partial charge in [0.25, 0.3) is 15.9 Å². The van der Waals surface area contributed by atoms with Crippen molar-refractivity contribution in [1.29, 1.82) is 0 Å². The van der Waals surface area contributed by atoms with Crippen LogP contribution >= 0.6 is 0 Å². The number of aromatic nitrogens is 1. The Balaban J connectivity index is 1.51. The Bertz CT molecular complexity index is 1400. The molecule has 0 radical (unpaired) electrons. The van der Waals surface area contributed by atoms with E-state index in [1.165, 1.54) is 53.0 Å². The summed E-state index contributed by atoms with van der Waals surface area (Å²) in [6.07, 6.45) is 3.12. The molecule has 1 aliphatic heterocycles. The molecule has 11 heteroatoms. The first-order chi connectivity index (χ1) is 16.2. The molecule has 178 valence electrons. The third kappa shape index (κ3) is 5.11. The number of benzene rings is 2. The van der Waals surface area contributed by atoms with E-state index < -0.39 is 26.0 Å². The van der Waals surface area contributed by atoms with Crippen molar-refractivity contribution >= 4 is 37.5 Å². The van der Waals surface area contributed by atoms with Crippen molar-refractivity contribution in [2.75, 3.05) is 23.1 Å². The van der Waals surface area contributed by atoms with E-state index in [-0.39, 0.29) is 21.2 Å². The van der Waals surface area contributed by atoms with Crippen molar-refractivity contribution in [3.8, 4) is 0 Å². The van der Waals surface area contributed by atoms with Gasteiger partial charge in [-0.1, -0.05) is 12.1 Å². The number of pyridine rings is 1. The van der Waals surface area contributed by atoms with Gasteiger partial charge in [-0.25, -0.2) is 21.8 Å². The number of aryl methyl sites for hydroxylation is 1. The number of sulfonamides is 2. The molecule has 0 unspecified atom stereocenters. The molecule has 9 nitrogen and oxygen atoms in total. The van der Waals surface area contributed by atoms with E-state index in [1.807, 2.05) is 0 Å². The van der Waals surface area contributed by atoms with Crippen LogP contribution in [0.4, 0.5) is 11.5 Å². The van der Waals surface area contributed by atoms with Gasteiger partial charge in [-0.2, -0.15) is 4.31 Å². The van der Waals surface area contributed by atoms with Crippen molar-refractivity contribution in [2.24, 2.45) is 0 Å². The molecule has 0 atom stereocenters. The van der Waals surface area contributed by atoms with Crippen molar-refractivity contribution in [3.05, 3.63) is 78.0 Å². The summed E-state index contributed by atoms with van der Waals surface area (Å²) in [6, 6.07) is 15.0. The third-order valence-electron chi connectivity index (χ3n) is 5.48. The molecule has 1 saturated heterocycles. The molecule has 3 aromatic rings. The van der Waals surface area contributed by atoms with E-state index in [2.05, 4.69) is 15.0 Å². The summed E-state index contributed by atoms with van der Waals surface area (Å²) in [7, 11) is -7.50. The minimum atomic E-state index is -3.84. The molecule has 1 aromatic heterocycles. The van der Waals surface area contributed by atoms with Crippen LogP contribution in [0.15, 0.2) is 76.7 Å². The summed E-state index contributed by atoms with van der Waals surface area (Å²) in [6.45, 7) is 2.67. The fraction of sp³-hybridized carbons (Fsp3) is 0.217. The fourth-order valence-electron chi connectivity index (χ4n) is 3.62. The maximum atomic E-state index is 12.9. The smallest absolute Gasteiger partial charge is 0.263 e. The summed E-state index contributed by atoms with van der Waals surface area (Å²) in [5.74, 6) is -0.294. The Morgan fingerprint density at radius 2 is 1.59 bits per heavy atom. The number of amides is 1. The Morgan fingerprint density at radius 1 is 0.912 bits per heavy atom. The van der Waals surface area contributed by atoms with E-state index in [0.717, 1.165) is 12.8 Å². The van der Waals surface area contributed by atoms with Crippen LogP contribution in [0, 0.1) is 6.92 Å². The third-order valence-corrected chi connectivity index (χ3v) is 8.75. The van der Waals surface area contributed by atoms with Crippen molar-refractivity contribution in [1.82, 2.24) is 9.29 Å². The lowest BCUT2D eigenvalue weighted by molar-refractivity contribution is 0.102. The van der Waals surface area contributed by atoms with Gasteiger partial charge in [0.1, 0.15) is 5.82 Å². The Kier molecular flexibility index (Phi) is 6.69. The molecule has 0 saturated carbocycles. The SMILES string of the molecule is Cc1ccc(S(=O)(=O)N2CCCC2)cc1C(=O)Nc1ccc(S(=O)(=O)Nc2ccccn2)cc1. The highest BCUT2D eigenvalue weighted by molar-refractivity contribution is 7.92. The van der Waals surface area contributed by atoms with Gasteiger partial charge in [-0.05, 0) is 73.9 Å². The molecule has 4 rings (SSSR count). The van der Waals surface area contributed by atoms with E-state index in [4.69, 9.17) is 0 Å². The summed E-state index contributed by atoms with van der Waals surface area (Å²) >= 11 is 0. The summed E-state index contributed by atoms with van der Waals surface area (Å²) in [4.78, 5) is 16.9. The van der Waals surface area contributed by atoms with Crippen LogP contribution in [-0.2, 0) is 20.0 Å². The van der Waals surface area contributed by atoms with Crippen LogP contribution in [0.5, 0.6) is 0 Å². The van der Waals surface area contributed by atoms with Crippen LogP contribution in [0.3, 0.4) is 0 Å². The van der Waals surface area contributed by atoms with Gasteiger partial charge in [-0.15, -0.1) is 0 Å². The molecular formula is C23H24N4O5S2. The molecule has 1 fully saturated rings. The highest BCUT2D eigenvalue weighted by Crippen LogP contribution is 2.24. The predicted octanol–water partition coefficient (Wildman–Crippen LogP) is 3.23. The molecule has 2 aromatic carbocycles. The second-order valence-corrected chi connectivity index (χ2v) is 11.5. The molecule has 34 heavy (non-hydrogen) atoms. The van der Waals surface area contributed by atoms with Crippen LogP contribution < -0.4 is 10.0 Å². The molecule has 2 N–H and O–H groups in total. The van der Waals surface area contributed by atoms with Gasteiger partial charge in [-0.3, -0.25) is 9.52 Å². The lowest BCUT2D eigenvalue weighted by atomic mass is 10.1. The highest BCUT2D eigenvalue weighted by atomic mass is 32.2. The lowest BCUT2D eigenvalue weighted by Gasteiger charge is -2.17. The fourth-order valence-corrected chi connectivity index (χ4v) is 6.17. The van der Waals surface area contributed by atoms with Crippen LogP contribution in [0.2, 0.25) is 0 Å². The standard InChI is InChI=1S/C23H24N4O5S2/c1-17-7-10-20(34(31,32)27-14-4-5-15-27)16-21(17)23(28)25-18-8-11-19(12-9-18)33(29,30)26-22-6-2-3-13-24-22/h2-3,6-13,16H,4-5,14-15H2,1H3,(H,24,26)(H,25,28). The van der Waals surface area contributed by atoms with Gasteiger partial charge in [0.05, 0.1) is 9.79 Å². The van der Waals surface area contributed by atoms with Crippen molar-refractivity contribution in [2.45, 2.75) is 29.6 Å². The molecule has 0 bridgehead atoms. The number of rotatable bonds is 7. The van der Waals surface area contributed by atoms with E-state index in [0.29, 0.717) is 24.3 Å². The average molecular weight is 501 g/mol. The zero-order chi connectivity index (χ0) is 24.3. The van der Waals surface area contributed by atoms with Crippen LogP contribution in [0.1, 0.15) is 28.8 Å². The number of hydrogen-bond acceptors (Lipinski definition) is 6. The molecule has 0 spiro atoms. The topological polar surface area (TPSA) is 126 Å². The normalized spacial score (nSPS) is 14.6. The van der Waals surface area contributed by atoms with Crippen molar-refractivity contribution in [3.63, 3.8) is 0 Å². The highest BCUT2D eigenvalue weighted by Gasteiger charge is 2.28. The zero-order valence-electron chi connectivity index (χ0n) is 18.4.